The molecule has 8 heteroatoms. The predicted molar refractivity (Wildman–Crippen MR) is 118 cm³/mol. The molecule has 0 amide bonds. The average Bonchev–Trinajstić information content (AvgIpc) is 2.72. The second-order valence-corrected chi connectivity index (χ2v) is 9.27. The third-order valence-corrected chi connectivity index (χ3v) is 6.43. The predicted octanol–water partition coefficient (Wildman–Crippen LogP) is 4.32. The van der Waals surface area contributed by atoms with Crippen LogP contribution in [0, 0.1) is 0 Å². The molecule has 0 bridgehead atoms. The van der Waals surface area contributed by atoms with Crippen LogP contribution in [0.2, 0.25) is 0 Å². The number of hydrogen-bond donors (Lipinski definition) is 2. The van der Waals surface area contributed by atoms with Gasteiger partial charge in [0, 0.05) is 23.7 Å². The van der Waals surface area contributed by atoms with Crippen LogP contribution in [0.25, 0.3) is 11.1 Å². The lowest BCUT2D eigenvalue weighted by Gasteiger charge is -2.10. The van der Waals surface area contributed by atoms with Gasteiger partial charge in [0.25, 0.3) is 10.0 Å². The van der Waals surface area contributed by atoms with E-state index in [1.165, 1.54) is 25.1 Å². The number of anilines is 1. The molecule has 0 aliphatic rings. The zero-order valence-electron chi connectivity index (χ0n) is 16.0. The Morgan fingerprint density at radius 2 is 1.67 bits per heavy atom. The second-order valence-electron chi connectivity index (χ2n) is 6.43. The molecular weight excluding hydrogens is 422 g/mol. The molecule has 0 spiro atoms. The first-order valence-electron chi connectivity index (χ1n) is 8.94. The Bertz CT molecular complexity index is 1190. The van der Waals surface area contributed by atoms with Crippen molar-refractivity contribution >= 4 is 38.4 Å². The number of aromatic hydroxyl groups is 1. The van der Waals surface area contributed by atoms with Gasteiger partial charge in [-0.15, -0.1) is 0 Å². The first-order valence-corrected chi connectivity index (χ1v) is 11.4. The summed E-state index contributed by atoms with van der Waals surface area (Å²) in [6.07, 6.45) is 0. The van der Waals surface area contributed by atoms with Gasteiger partial charge in [-0.3, -0.25) is 14.3 Å². The van der Waals surface area contributed by atoms with Gasteiger partial charge in [-0.1, -0.05) is 54.2 Å². The molecule has 30 heavy (non-hydrogen) atoms. The molecule has 0 radical (unpaired) electrons. The van der Waals surface area contributed by atoms with Crippen molar-refractivity contribution in [1.82, 2.24) is 0 Å². The lowest BCUT2D eigenvalue weighted by Crippen LogP contribution is -2.13. The average molecular weight is 442 g/mol. The zero-order valence-corrected chi connectivity index (χ0v) is 17.7. The van der Waals surface area contributed by atoms with Crippen LogP contribution in [0.5, 0.6) is 5.75 Å². The molecule has 0 heterocycles. The third-order valence-electron chi connectivity index (χ3n) is 4.22. The quantitative estimate of drug-likeness (QED) is 0.530. The standard InChI is InChI=1S/C22H19NO5S2/c1-15(24)29-14-22(26)17-5-4-6-18(13-17)23-30(27,28)19-11-9-16(10-12-19)20-7-2-3-8-21(20)25/h2-13,23,25H,14H2,1H3. The number of benzene rings is 3. The highest BCUT2D eigenvalue weighted by atomic mass is 32.2. The summed E-state index contributed by atoms with van der Waals surface area (Å²) in [5, 5.41) is 9.79. The van der Waals surface area contributed by atoms with E-state index in [-0.39, 0.29) is 33.0 Å². The molecule has 3 aromatic rings. The van der Waals surface area contributed by atoms with Crippen LogP contribution in [0.1, 0.15) is 17.3 Å². The van der Waals surface area contributed by atoms with Crippen LogP contribution >= 0.6 is 11.8 Å². The van der Waals surface area contributed by atoms with E-state index < -0.39 is 10.0 Å². The molecule has 154 valence electrons. The number of phenolic OH excluding ortho intramolecular Hbond substituents is 1. The van der Waals surface area contributed by atoms with Crippen LogP contribution in [-0.4, -0.2) is 30.2 Å². The Morgan fingerprint density at radius 1 is 0.967 bits per heavy atom. The molecule has 6 nitrogen and oxygen atoms in total. The van der Waals surface area contributed by atoms with Crippen molar-refractivity contribution in [3.8, 4) is 16.9 Å². The van der Waals surface area contributed by atoms with Gasteiger partial charge >= 0.3 is 0 Å². The minimum atomic E-state index is -3.87. The number of thioether (sulfide) groups is 1. The molecular formula is C22H19NO5S2. The number of hydrogen-bond acceptors (Lipinski definition) is 6. The summed E-state index contributed by atoms with van der Waals surface area (Å²) in [6.45, 7) is 1.38. The fourth-order valence-electron chi connectivity index (χ4n) is 2.75. The van der Waals surface area contributed by atoms with Crippen molar-refractivity contribution in [2.75, 3.05) is 10.5 Å². The van der Waals surface area contributed by atoms with E-state index in [1.54, 1.807) is 54.6 Å². The Hall–Kier alpha value is -3.10. The van der Waals surface area contributed by atoms with Crippen LogP contribution in [0.4, 0.5) is 5.69 Å². The van der Waals surface area contributed by atoms with Crippen molar-refractivity contribution < 1.29 is 23.1 Å². The fourth-order valence-corrected chi connectivity index (χ4v) is 4.30. The summed E-state index contributed by atoms with van der Waals surface area (Å²) in [6, 6.07) is 19.0. The first-order chi connectivity index (χ1) is 14.3. The Kier molecular flexibility index (Phi) is 6.59. The maximum Gasteiger partial charge on any atom is 0.261 e. The minimum Gasteiger partial charge on any atom is -0.507 e. The SMILES string of the molecule is CC(=O)SCC(=O)c1cccc(NS(=O)(=O)c2ccc(-c3ccccc3O)cc2)c1. The van der Waals surface area contributed by atoms with Gasteiger partial charge in [-0.05, 0) is 35.9 Å². The highest BCUT2D eigenvalue weighted by molar-refractivity contribution is 8.14. The number of nitrogens with one attached hydrogen (secondary N) is 1. The van der Waals surface area contributed by atoms with Gasteiger partial charge in [0.15, 0.2) is 10.9 Å². The van der Waals surface area contributed by atoms with Crippen LogP contribution in [0.15, 0.2) is 77.7 Å². The highest BCUT2D eigenvalue weighted by Gasteiger charge is 2.16. The van der Waals surface area contributed by atoms with Gasteiger partial charge < -0.3 is 5.11 Å². The third kappa shape index (κ3) is 5.28. The van der Waals surface area contributed by atoms with Gasteiger partial charge in [-0.25, -0.2) is 8.42 Å². The summed E-state index contributed by atoms with van der Waals surface area (Å²) < 4.78 is 27.9. The number of sulfonamides is 1. The van der Waals surface area contributed by atoms with E-state index in [2.05, 4.69) is 4.72 Å². The number of carbonyl (C=O) groups is 2. The summed E-state index contributed by atoms with van der Waals surface area (Å²) in [7, 11) is -3.87. The maximum absolute atomic E-state index is 12.7. The molecule has 0 saturated heterocycles. The minimum absolute atomic E-state index is 0.000665. The Morgan fingerprint density at radius 3 is 2.33 bits per heavy atom. The van der Waals surface area contributed by atoms with Gasteiger partial charge in [0.2, 0.25) is 0 Å². The summed E-state index contributed by atoms with van der Waals surface area (Å²) in [4.78, 5) is 23.2. The number of Topliss-reactive ketones (excluding diaryl/α,β-unsaturated/α-hetero) is 1. The first kappa shape index (κ1) is 21.6. The topological polar surface area (TPSA) is 101 Å². The maximum atomic E-state index is 12.7. The van der Waals surface area contributed by atoms with E-state index in [1.807, 2.05) is 0 Å². The molecule has 0 aliphatic carbocycles. The van der Waals surface area contributed by atoms with Crippen molar-refractivity contribution in [3.05, 3.63) is 78.4 Å². The van der Waals surface area contributed by atoms with Gasteiger partial charge in [-0.2, -0.15) is 0 Å². The molecule has 0 fully saturated rings. The van der Waals surface area contributed by atoms with E-state index >= 15 is 0 Å². The number of carbonyl (C=O) groups excluding carboxylic acids is 2. The van der Waals surface area contributed by atoms with Crippen LogP contribution in [0.3, 0.4) is 0 Å². The van der Waals surface area contributed by atoms with E-state index in [4.69, 9.17) is 0 Å². The van der Waals surface area contributed by atoms with Crippen molar-refractivity contribution in [2.45, 2.75) is 11.8 Å². The van der Waals surface area contributed by atoms with E-state index in [0.29, 0.717) is 16.7 Å². The van der Waals surface area contributed by atoms with E-state index in [0.717, 1.165) is 11.8 Å². The van der Waals surface area contributed by atoms with Gasteiger partial charge in [0.1, 0.15) is 5.75 Å². The summed E-state index contributed by atoms with van der Waals surface area (Å²) >= 11 is 0.906. The summed E-state index contributed by atoms with van der Waals surface area (Å²) in [5.41, 5.74) is 1.85. The van der Waals surface area contributed by atoms with E-state index in [9.17, 15) is 23.1 Å². The Balaban J connectivity index is 1.78. The zero-order chi connectivity index (χ0) is 21.7. The van der Waals surface area contributed by atoms with Crippen LogP contribution in [-0.2, 0) is 14.8 Å². The molecule has 2 N–H and O–H groups in total. The molecule has 3 rings (SSSR count). The normalized spacial score (nSPS) is 11.1. The number of phenols is 1. The largest absolute Gasteiger partial charge is 0.507 e. The van der Waals surface area contributed by atoms with Crippen LogP contribution < -0.4 is 4.72 Å². The lowest BCUT2D eigenvalue weighted by atomic mass is 10.1. The monoisotopic (exact) mass is 441 g/mol. The molecule has 0 atom stereocenters. The summed E-state index contributed by atoms with van der Waals surface area (Å²) in [5.74, 6) is -0.154. The molecule has 0 saturated carbocycles. The molecule has 3 aromatic carbocycles. The molecule has 0 unspecified atom stereocenters. The van der Waals surface area contributed by atoms with Crippen molar-refractivity contribution in [2.24, 2.45) is 0 Å². The number of para-hydroxylation sites is 1. The highest BCUT2D eigenvalue weighted by Crippen LogP contribution is 2.29. The van der Waals surface area contributed by atoms with Crippen molar-refractivity contribution in [3.63, 3.8) is 0 Å². The Labute approximate surface area is 179 Å². The second kappa shape index (κ2) is 9.15. The molecule has 0 aromatic heterocycles. The smallest absolute Gasteiger partial charge is 0.261 e. The number of rotatable bonds is 7. The van der Waals surface area contributed by atoms with Gasteiger partial charge in [0.05, 0.1) is 10.6 Å². The lowest BCUT2D eigenvalue weighted by molar-refractivity contribution is -0.109. The fraction of sp³-hybridized carbons (Fsp3) is 0.0909. The molecule has 0 aliphatic heterocycles. The number of ketones is 1. The van der Waals surface area contributed by atoms with Crippen molar-refractivity contribution in [1.29, 1.82) is 0 Å².